The molecule has 9 heteroatoms. The molecule has 4 rings (SSSR count). The van der Waals surface area contributed by atoms with Crippen LogP contribution < -0.4 is 19.1 Å². The second kappa shape index (κ2) is 9.10. The Morgan fingerprint density at radius 2 is 1.72 bits per heavy atom. The number of carbonyl (C=O) groups excluding carboxylic acids is 1. The lowest BCUT2D eigenvalue weighted by Gasteiger charge is -2.23. The summed E-state index contributed by atoms with van der Waals surface area (Å²) in [6.45, 7) is 2.86. The number of nitrogens with one attached hydrogen (secondary N) is 1. The predicted octanol–water partition coefficient (Wildman–Crippen LogP) is 4.58. The molecule has 0 aliphatic carbocycles. The van der Waals surface area contributed by atoms with Crippen LogP contribution in [0.5, 0.6) is 11.5 Å². The number of rotatable bonds is 6. The SMILES string of the molecule is CCN(c1ccccc1)S(=O)(=O)c1ccc(Cl)c(C(=O)Nc2ccc3c(c2)OCCO3)c1. The summed E-state index contributed by atoms with van der Waals surface area (Å²) in [5.41, 5.74) is 1.06. The quantitative estimate of drug-likeness (QED) is 0.567. The number of halogens is 1. The average molecular weight is 473 g/mol. The largest absolute Gasteiger partial charge is 0.486 e. The summed E-state index contributed by atoms with van der Waals surface area (Å²) in [6, 6.07) is 17.9. The van der Waals surface area contributed by atoms with Gasteiger partial charge in [0, 0.05) is 18.3 Å². The molecule has 1 aliphatic heterocycles. The molecule has 0 fully saturated rings. The number of nitrogens with zero attached hydrogens (tertiary/aromatic N) is 1. The third-order valence-corrected chi connectivity index (χ3v) is 7.13. The molecule has 1 aliphatic rings. The summed E-state index contributed by atoms with van der Waals surface area (Å²) >= 11 is 6.24. The first-order valence-corrected chi connectivity index (χ1v) is 11.8. The molecule has 1 N–H and O–H groups in total. The van der Waals surface area contributed by atoms with Crippen molar-refractivity contribution < 1.29 is 22.7 Å². The smallest absolute Gasteiger partial charge is 0.264 e. The first-order chi connectivity index (χ1) is 15.4. The third-order valence-electron chi connectivity index (χ3n) is 4.90. The Hall–Kier alpha value is -3.23. The molecule has 3 aromatic carbocycles. The van der Waals surface area contributed by atoms with Crippen LogP contribution in [0, 0.1) is 0 Å². The van der Waals surface area contributed by atoms with Gasteiger partial charge in [-0.25, -0.2) is 8.42 Å². The summed E-state index contributed by atoms with van der Waals surface area (Å²) in [5, 5.41) is 2.88. The van der Waals surface area contributed by atoms with Gasteiger partial charge in [-0.05, 0) is 49.4 Å². The molecule has 0 radical (unpaired) electrons. The lowest BCUT2D eigenvalue weighted by Crippen LogP contribution is -2.31. The van der Waals surface area contributed by atoms with Crippen LogP contribution in [-0.4, -0.2) is 34.1 Å². The molecule has 0 bridgehead atoms. The maximum absolute atomic E-state index is 13.3. The van der Waals surface area contributed by atoms with Crippen molar-refractivity contribution in [3.8, 4) is 11.5 Å². The Bertz CT molecular complexity index is 1250. The summed E-state index contributed by atoms with van der Waals surface area (Å²) < 4.78 is 38.9. The number of fused-ring (bicyclic) bond motifs is 1. The summed E-state index contributed by atoms with van der Waals surface area (Å²) in [7, 11) is -3.90. The highest BCUT2D eigenvalue weighted by Gasteiger charge is 2.25. The maximum Gasteiger partial charge on any atom is 0.264 e. The van der Waals surface area contributed by atoms with E-state index in [0.717, 1.165) is 0 Å². The van der Waals surface area contributed by atoms with Crippen LogP contribution in [0.2, 0.25) is 5.02 Å². The number of hydrogen-bond donors (Lipinski definition) is 1. The van der Waals surface area contributed by atoms with E-state index in [4.69, 9.17) is 21.1 Å². The van der Waals surface area contributed by atoms with E-state index in [1.807, 2.05) is 6.07 Å². The summed E-state index contributed by atoms with van der Waals surface area (Å²) in [6.07, 6.45) is 0. The van der Waals surface area contributed by atoms with Crippen LogP contribution in [0.15, 0.2) is 71.6 Å². The van der Waals surface area contributed by atoms with Crippen molar-refractivity contribution in [1.29, 1.82) is 0 Å². The Morgan fingerprint density at radius 3 is 2.44 bits per heavy atom. The van der Waals surface area contributed by atoms with E-state index in [9.17, 15) is 13.2 Å². The topological polar surface area (TPSA) is 84.9 Å². The highest BCUT2D eigenvalue weighted by atomic mass is 35.5. The molecule has 0 aromatic heterocycles. The highest BCUT2D eigenvalue weighted by molar-refractivity contribution is 7.92. The van der Waals surface area contributed by atoms with Crippen molar-refractivity contribution in [1.82, 2.24) is 0 Å². The summed E-state index contributed by atoms with van der Waals surface area (Å²) in [4.78, 5) is 12.9. The van der Waals surface area contributed by atoms with E-state index in [2.05, 4.69) is 5.32 Å². The van der Waals surface area contributed by atoms with E-state index in [0.29, 0.717) is 36.1 Å². The van der Waals surface area contributed by atoms with Gasteiger partial charge in [0.1, 0.15) is 13.2 Å². The zero-order valence-electron chi connectivity index (χ0n) is 17.2. The van der Waals surface area contributed by atoms with Gasteiger partial charge in [-0.2, -0.15) is 0 Å². The normalized spacial score (nSPS) is 12.8. The molecule has 3 aromatic rings. The average Bonchev–Trinajstić information content (AvgIpc) is 2.80. The van der Waals surface area contributed by atoms with E-state index in [-0.39, 0.29) is 22.0 Å². The minimum Gasteiger partial charge on any atom is -0.486 e. The first-order valence-electron chi connectivity index (χ1n) is 9.98. The number of hydrogen-bond acceptors (Lipinski definition) is 5. The zero-order chi connectivity index (χ0) is 22.7. The van der Waals surface area contributed by atoms with Crippen LogP contribution in [0.3, 0.4) is 0 Å². The number of benzene rings is 3. The summed E-state index contributed by atoms with van der Waals surface area (Å²) in [5.74, 6) is 0.588. The molecule has 0 unspecified atom stereocenters. The fourth-order valence-electron chi connectivity index (χ4n) is 3.37. The van der Waals surface area contributed by atoms with Gasteiger partial charge in [-0.3, -0.25) is 9.10 Å². The highest BCUT2D eigenvalue weighted by Crippen LogP contribution is 2.33. The predicted molar refractivity (Wildman–Crippen MR) is 123 cm³/mol. The van der Waals surface area contributed by atoms with Crippen LogP contribution >= 0.6 is 11.6 Å². The van der Waals surface area contributed by atoms with Crippen LogP contribution in [0.4, 0.5) is 11.4 Å². The molecule has 7 nitrogen and oxygen atoms in total. The van der Waals surface area contributed by atoms with Crippen LogP contribution in [0.1, 0.15) is 17.3 Å². The number of para-hydroxylation sites is 1. The lowest BCUT2D eigenvalue weighted by molar-refractivity contribution is 0.102. The van der Waals surface area contributed by atoms with Gasteiger partial charge in [0.05, 0.1) is 21.2 Å². The van der Waals surface area contributed by atoms with Crippen molar-refractivity contribution >= 4 is 38.9 Å². The van der Waals surface area contributed by atoms with Gasteiger partial charge in [0.2, 0.25) is 0 Å². The third kappa shape index (κ3) is 4.37. The zero-order valence-corrected chi connectivity index (χ0v) is 18.8. The number of sulfonamides is 1. The molecule has 166 valence electrons. The molecule has 1 amide bonds. The Kier molecular flexibility index (Phi) is 6.25. The van der Waals surface area contributed by atoms with Gasteiger partial charge in [0.25, 0.3) is 15.9 Å². The van der Waals surface area contributed by atoms with Crippen molar-refractivity contribution in [2.75, 3.05) is 29.4 Å². The van der Waals surface area contributed by atoms with Crippen molar-refractivity contribution in [3.63, 3.8) is 0 Å². The van der Waals surface area contributed by atoms with Crippen molar-refractivity contribution in [2.45, 2.75) is 11.8 Å². The monoisotopic (exact) mass is 472 g/mol. The molecule has 0 atom stereocenters. The molecule has 1 heterocycles. The van der Waals surface area contributed by atoms with E-state index in [1.165, 1.54) is 22.5 Å². The standard InChI is InChI=1S/C23H21ClN2O5S/c1-2-26(17-6-4-3-5-7-17)32(28,29)18-9-10-20(24)19(15-18)23(27)25-16-8-11-21-22(14-16)31-13-12-30-21/h3-11,14-15H,2,12-13H2,1H3,(H,25,27). The van der Waals surface area contributed by atoms with Gasteiger partial charge >= 0.3 is 0 Å². The number of anilines is 2. The van der Waals surface area contributed by atoms with Gasteiger partial charge < -0.3 is 14.8 Å². The minimum atomic E-state index is -3.90. The van der Waals surface area contributed by atoms with Crippen molar-refractivity contribution in [3.05, 3.63) is 77.3 Å². The molecule has 0 saturated heterocycles. The molecule has 0 saturated carbocycles. The fraction of sp³-hybridized carbons (Fsp3) is 0.174. The first kappa shape index (κ1) is 22.0. The van der Waals surface area contributed by atoms with Crippen LogP contribution in [-0.2, 0) is 10.0 Å². The second-order valence-corrected chi connectivity index (χ2v) is 9.23. The van der Waals surface area contributed by atoms with Crippen LogP contribution in [0.25, 0.3) is 0 Å². The fourth-order valence-corrected chi connectivity index (χ4v) is 5.08. The van der Waals surface area contributed by atoms with E-state index < -0.39 is 15.9 Å². The number of ether oxygens (including phenoxy) is 2. The molecular formula is C23H21ClN2O5S. The molecule has 32 heavy (non-hydrogen) atoms. The Balaban J connectivity index is 1.63. The second-order valence-electron chi connectivity index (χ2n) is 6.96. The Labute approximate surface area is 191 Å². The number of carbonyl (C=O) groups is 1. The Morgan fingerprint density at radius 1 is 1.00 bits per heavy atom. The molecule has 0 spiro atoms. The van der Waals surface area contributed by atoms with Gasteiger partial charge in [-0.1, -0.05) is 29.8 Å². The van der Waals surface area contributed by atoms with Gasteiger partial charge in [-0.15, -0.1) is 0 Å². The minimum absolute atomic E-state index is 0.0278. The van der Waals surface area contributed by atoms with E-state index >= 15 is 0 Å². The lowest BCUT2D eigenvalue weighted by atomic mass is 10.2. The van der Waals surface area contributed by atoms with Gasteiger partial charge in [0.15, 0.2) is 11.5 Å². The van der Waals surface area contributed by atoms with Crippen molar-refractivity contribution in [2.24, 2.45) is 0 Å². The maximum atomic E-state index is 13.3. The molecular weight excluding hydrogens is 452 g/mol. The number of amides is 1. The van der Waals surface area contributed by atoms with E-state index in [1.54, 1.807) is 49.4 Å².